The number of ether oxygens (including phenoxy) is 2. The topological polar surface area (TPSA) is 48.3 Å². The van der Waals surface area contributed by atoms with Gasteiger partial charge in [0.1, 0.15) is 11.9 Å². The minimum Gasteiger partial charge on any atom is -0.493 e. The molecule has 1 N–H and O–H groups in total. The van der Waals surface area contributed by atoms with Gasteiger partial charge in [-0.2, -0.15) is 5.10 Å². The van der Waals surface area contributed by atoms with E-state index >= 15 is 0 Å². The van der Waals surface area contributed by atoms with Gasteiger partial charge in [-0.05, 0) is 37.5 Å². The van der Waals surface area contributed by atoms with Crippen LogP contribution in [0.1, 0.15) is 40.6 Å². The third-order valence-electron chi connectivity index (χ3n) is 5.26. The first-order valence-electron chi connectivity index (χ1n) is 8.73. The van der Waals surface area contributed by atoms with E-state index in [1.54, 1.807) is 0 Å². The molecular weight excluding hydrogens is 302 g/mol. The average Bonchev–Trinajstić information content (AvgIpc) is 3.25. The first-order valence-corrected chi connectivity index (χ1v) is 8.73. The van der Waals surface area contributed by atoms with E-state index in [-0.39, 0.29) is 6.10 Å². The van der Waals surface area contributed by atoms with E-state index in [1.807, 2.05) is 11.7 Å². The molecule has 1 aromatic heterocycles. The van der Waals surface area contributed by atoms with Crippen molar-refractivity contribution in [1.82, 2.24) is 15.1 Å². The quantitative estimate of drug-likeness (QED) is 0.938. The highest BCUT2D eigenvalue weighted by Gasteiger charge is 2.33. The van der Waals surface area contributed by atoms with E-state index < -0.39 is 0 Å². The lowest BCUT2D eigenvalue weighted by Crippen LogP contribution is -2.31. The van der Waals surface area contributed by atoms with E-state index in [2.05, 4.69) is 42.5 Å². The van der Waals surface area contributed by atoms with Gasteiger partial charge >= 0.3 is 0 Å². The van der Waals surface area contributed by atoms with Gasteiger partial charge in [-0.15, -0.1) is 0 Å². The van der Waals surface area contributed by atoms with Crippen molar-refractivity contribution in [2.24, 2.45) is 7.05 Å². The number of rotatable bonds is 4. The number of benzene rings is 1. The van der Waals surface area contributed by atoms with Crippen LogP contribution in [0.15, 0.2) is 18.2 Å². The molecule has 0 amide bonds. The Balaban J connectivity index is 1.48. The number of aryl methyl sites for hydroxylation is 2. The van der Waals surface area contributed by atoms with Crippen molar-refractivity contribution in [1.29, 1.82) is 0 Å². The molecule has 5 nitrogen and oxygen atoms in total. The second kappa shape index (κ2) is 6.22. The molecule has 0 saturated carbocycles. The zero-order chi connectivity index (χ0) is 16.7. The lowest BCUT2D eigenvalue weighted by atomic mass is 10.00. The van der Waals surface area contributed by atoms with Gasteiger partial charge < -0.3 is 14.8 Å². The SMILES string of the molecule is Cc1nn(C)c(C)c1[C@H]1OCC[C@@H]1NCc1ccc2c(c1)CCO2. The highest BCUT2D eigenvalue weighted by atomic mass is 16.5. The summed E-state index contributed by atoms with van der Waals surface area (Å²) in [6.07, 6.45) is 2.15. The fraction of sp³-hybridized carbons (Fsp3) is 0.526. The Labute approximate surface area is 143 Å². The molecule has 1 fully saturated rings. The molecule has 0 spiro atoms. The van der Waals surface area contributed by atoms with Gasteiger partial charge in [-0.1, -0.05) is 12.1 Å². The highest BCUT2D eigenvalue weighted by molar-refractivity contribution is 5.39. The van der Waals surface area contributed by atoms with Crippen LogP contribution in [-0.4, -0.2) is 29.0 Å². The molecule has 1 saturated heterocycles. The molecule has 0 bridgehead atoms. The maximum atomic E-state index is 6.05. The Bertz CT molecular complexity index is 753. The van der Waals surface area contributed by atoms with Crippen molar-refractivity contribution in [2.75, 3.05) is 13.2 Å². The normalized spacial score (nSPS) is 22.6. The van der Waals surface area contributed by atoms with E-state index in [0.717, 1.165) is 44.0 Å². The standard InChI is InChI=1S/C19H25N3O2/c1-12-18(13(2)22(3)21-12)19-16(7-9-24-19)20-11-14-4-5-17-15(10-14)6-8-23-17/h4-5,10,16,19-20H,6-9,11H2,1-3H3/t16-,19-/m0/s1. The molecule has 1 aromatic carbocycles. The molecule has 5 heteroatoms. The van der Waals surface area contributed by atoms with Crippen LogP contribution in [0, 0.1) is 13.8 Å². The number of aromatic nitrogens is 2. The maximum Gasteiger partial charge on any atom is 0.122 e. The van der Waals surface area contributed by atoms with E-state index in [0.29, 0.717) is 6.04 Å². The molecule has 2 aromatic rings. The number of hydrogen-bond acceptors (Lipinski definition) is 4. The monoisotopic (exact) mass is 327 g/mol. The molecule has 3 heterocycles. The van der Waals surface area contributed by atoms with Crippen molar-refractivity contribution >= 4 is 0 Å². The summed E-state index contributed by atoms with van der Waals surface area (Å²) in [5.41, 5.74) is 6.15. The zero-order valence-electron chi connectivity index (χ0n) is 14.6. The second-order valence-corrected chi connectivity index (χ2v) is 6.82. The van der Waals surface area contributed by atoms with Gasteiger partial charge in [-0.25, -0.2) is 0 Å². The summed E-state index contributed by atoms with van der Waals surface area (Å²) < 4.78 is 13.6. The van der Waals surface area contributed by atoms with Crippen LogP contribution in [0.25, 0.3) is 0 Å². The third kappa shape index (κ3) is 2.72. The van der Waals surface area contributed by atoms with Crippen molar-refractivity contribution < 1.29 is 9.47 Å². The molecule has 128 valence electrons. The Hall–Kier alpha value is -1.85. The first-order chi connectivity index (χ1) is 11.6. The lowest BCUT2D eigenvalue weighted by molar-refractivity contribution is 0.0974. The minimum absolute atomic E-state index is 0.0939. The molecule has 2 aliphatic rings. The Morgan fingerprint density at radius 1 is 1.29 bits per heavy atom. The number of hydrogen-bond donors (Lipinski definition) is 1. The van der Waals surface area contributed by atoms with Crippen molar-refractivity contribution in [3.05, 3.63) is 46.3 Å². The van der Waals surface area contributed by atoms with Gasteiger partial charge in [0.25, 0.3) is 0 Å². The summed E-state index contributed by atoms with van der Waals surface area (Å²) in [5, 5.41) is 8.24. The van der Waals surface area contributed by atoms with Gasteiger partial charge in [0, 0.05) is 43.9 Å². The molecular formula is C19H25N3O2. The molecule has 0 aliphatic carbocycles. The highest BCUT2D eigenvalue weighted by Crippen LogP contribution is 2.33. The molecule has 24 heavy (non-hydrogen) atoms. The van der Waals surface area contributed by atoms with Crippen LogP contribution in [0.5, 0.6) is 5.75 Å². The largest absolute Gasteiger partial charge is 0.493 e. The van der Waals surface area contributed by atoms with Crippen LogP contribution in [0.4, 0.5) is 0 Å². The van der Waals surface area contributed by atoms with Gasteiger partial charge in [0.2, 0.25) is 0 Å². The molecule has 0 unspecified atom stereocenters. The van der Waals surface area contributed by atoms with Gasteiger partial charge in [0.05, 0.1) is 12.3 Å². The predicted molar refractivity (Wildman–Crippen MR) is 92.3 cm³/mol. The van der Waals surface area contributed by atoms with E-state index in [1.165, 1.54) is 22.4 Å². The summed E-state index contributed by atoms with van der Waals surface area (Å²) in [6.45, 7) is 6.66. The Morgan fingerprint density at radius 2 is 2.17 bits per heavy atom. The molecule has 2 atom stereocenters. The number of nitrogens with one attached hydrogen (secondary N) is 1. The Morgan fingerprint density at radius 3 is 2.96 bits per heavy atom. The van der Waals surface area contributed by atoms with Crippen LogP contribution in [0.2, 0.25) is 0 Å². The van der Waals surface area contributed by atoms with Crippen LogP contribution >= 0.6 is 0 Å². The number of fused-ring (bicyclic) bond motifs is 1. The van der Waals surface area contributed by atoms with Crippen molar-refractivity contribution in [2.45, 2.75) is 45.4 Å². The third-order valence-corrected chi connectivity index (χ3v) is 5.26. The second-order valence-electron chi connectivity index (χ2n) is 6.82. The summed E-state index contributed by atoms with van der Waals surface area (Å²) in [4.78, 5) is 0. The minimum atomic E-state index is 0.0939. The van der Waals surface area contributed by atoms with Crippen molar-refractivity contribution in [3.63, 3.8) is 0 Å². The van der Waals surface area contributed by atoms with E-state index in [9.17, 15) is 0 Å². The summed E-state index contributed by atoms with van der Waals surface area (Å²) in [5.74, 6) is 1.04. The van der Waals surface area contributed by atoms with Gasteiger partial charge in [-0.3, -0.25) is 4.68 Å². The molecule has 4 rings (SSSR count). The van der Waals surface area contributed by atoms with Crippen LogP contribution in [0.3, 0.4) is 0 Å². The summed E-state index contributed by atoms with van der Waals surface area (Å²) in [7, 11) is 2.00. The van der Waals surface area contributed by atoms with Gasteiger partial charge in [0.15, 0.2) is 0 Å². The smallest absolute Gasteiger partial charge is 0.122 e. The molecule has 2 aliphatic heterocycles. The van der Waals surface area contributed by atoms with Crippen LogP contribution < -0.4 is 10.1 Å². The maximum absolute atomic E-state index is 6.05. The van der Waals surface area contributed by atoms with Crippen molar-refractivity contribution in [3.8, 4) is 5.75 Å². The summed E-state index contributed by atoms with van der Waals surface area (Å²) in [6, 6.07) is 6.84. The predicted octanol–water partition coefficient (Wildman–Crippen LogP) is 2.59. The average molecular weight is 327 g/mol. The number of nitrogens with zero attached hydrogens (tertiary/aromatic N) is 2. The Kier molecular flexibility index (Phi) is 4.06. The fourth-order valence-electron chi connectivity index (χ4n) is 3.88. The lowest BCUT2D eigenvalue weighted by Gasteiger charge is -2.21. The fourth-order valence-corrected chi connectivity index (χ4v) is 3.88. The zero-order valence-corrected chi connectivity index (χ0v) is 14.6. The van der Waals surface area contributed by atoms with Crippen LogP contribution in [-0.2, 0) is 24.8 Å². The first kappa shape index (κ1) is 15.7. The molecule has 0 radical (unpaired) electrons. The van der Waals surface area contributed by atoms with E-state index in [4.69, 9.17) is 9.47 Å². The summed E-state index contributed by atoms with van der Waals surface area (Å²) >= 11 is 0.